The van der Waals surface area contributed by atoms with E-state index in [1.165, 1.54) is 86.6 Å². The van der Waals surface area contributed by atoms with E-state index < -0.39 is 0 Å². The van der Waals surface area contributed by atoms with Gasteiger partial charge in [0.1, 0.15) is 0 Å². The third-order valence-electron chi connectivity index (χ3n) is 12.6. The minimum atomic E-state index is 0.489. The average molecular weight is 749 g/mol. The van der Waals surface area contributed by atoms with Crippen molar-refractivity contribution in [1.82, 2.24) is 4.57 Å². The van der Waals surface area contributed by atoms with Gasteiger partial charge < -0.3 is 9.47 Å². The van der Waals surface area contributed by atoms with Gasteiger partial charge in [-0.3, -0.25) is 0 Å². The summed E-state index contributed by atoms with van der Waals surface area (Å²) in [5.41, 5.74) is 17.9. The Balaban J connectivity index is 0.984. The highest BCUT2D eigenvalue weighted by Gasteiger charge is 2.20. The molecule has 0 N–H and O–H groups in total. The molecule has 0 saturated carbocycles. The molecule has 1 heterocycles. The van der Waals surface area contributed by atoms with Crippen LogP contribution in [0.5, 0.6) is 0 Å². The third-order valence-corrected chi connectivity index (χ3v) is 12.6. The second kappa shape index (κ2) is 15.4. The van der Waals surface area contributed by atoms with E-state index in [-0.39, 0.29) is 0 Å². The van der Waals surface area contributed by atoms with Crippen molar-refractivity contribution in [3.63, 3.8) is 0 Å². The zero-order chi connectivity index (χ0) is 39.0. The summed E-state index contributed by atoms with van der Waals surface area (Å²) < 4.78 is 2.41. The van der Waals surface area contributed by atoms with Gasteiger partial charge in [0.15, 0.2) is 0 Å². The molecule has 8 aromatic carbocycles. The molecule has 2 unspecified atom stereocenters. The number of rotatable bonds is 11. The van der Waals surface area contributed by atoms with Crippen molar-refractivity contribution in [3.8, 4) is 27.9 Å². The Labute approximate surface area is 342 Å². The first-order valence-electron chi connectivity index (χ1n) is 21.0. The van der Waals surface area contributed by atoms with E-state index in [4.69, 9.17) is 0 Å². The highest BCUT2D eigenvalue weighted by molar-refractivity contribution is 6.11. The lowest BCUT2D eigenvalue weighted by Gasteiger charge is -2.25. The number of aromatic nitrogens is 1. The maximum absolute atomic E-state index is 2.49. The number of hydrogen-bond acceptors (Lipinski definition) is 1. The summed E-state index contributed by atoms with van der Waals surface area (Å²) in [5.74, 6) is 1.08. The molecule has 0 saturated heterocycles. The molecular formula is C56H48N2. The second-order valence-electron chi connectivity index (χ2n) is 16.1. The first kappa shape index (κ1) is 35.8. The van der Waals surface area contributed by atoms with Gasteiger partial charge in [0, 0.05) is 33.5 Å². The minimum absolute atomic E-state index is 0.489. The number of nitrogens with zero attached hydrogens (tertiary/aromatic N) is 2. The van der Waals surface area contributed by atoms with Gasteiger partial charge in [0.05, 0.1) is 11.0 Å². The van der Waals surface area contributed by atoms with Crippen LogP contribution >= 0.6 is 0 Å². The minimum Gasteiger partial charge on any atom is -0.311 e. The number of hydrogen-bond donors (Lipinski definition) is 0. The summed E-state index contributed by atoms with van der Waals surface area (Å²) in [6.07, 6.45) is 4.83. The molecule has 0 radical (unpaired) electrons. The zero-order valence-corrected chi connectivity index (χ0v) is 33.4. The van der Waals surface area contributed by atoms with Crippen LogP contribution in [-0.4, -0.2) is 4.57 Å². The van der Waals surface area contributed by atoms with E-state index in [9.17, 15) is 0 Å². The highest BCUT2D eigenvalue weighted by atomic mass is 15.1. The average Bonchev–Trinajstić information content (AvgIpc) is 3.60. The summed E-state index contributed by atoms with van der Waals surface area (Å²) in [4.78, 5) is 2.31. The Morgan fingerprint density at radius 3 is 1.47 bits per heavy atom. The van der Waals surface area contributed by atoms with Crippen LogP contribution in [0, 0.1) is 0 Å². The van der Waals surface area contributed by atoms with Gasteiger partial charge in [-0.15, -0.1) is 0 Å². The lowest BCUT2D eigenvalue weighted by Crippen LogP contribution is -2.10. The molecule has 0 fully saturated rings. The molecule has 0 spiro atoms. The Morgan fingerprint density at radius 1 is 0.466 bits per heavy atom. The van der Waals surface area contributed by atoms with Crippen molar-refractivity contribution in [2.75, 3.05) is 4.90 Å². The molecule has 10 rings (SSSR count). The Bertz CT molecular complexity index is 2800. The van der Waals surface area contributed by atoms with Crippen LogP contribution in [0.3, 0.4) is 0 Å². The van der Waals surface area contributed by atoms with Gasteiger partial charge in [-0.25, -0.2) is 0 Å². The molecule has 9 aromatic rings. The fourth-order valence-corrected chi connectivity index (χ4v) is 9.22. The smallest absolute Gasteiger partial charge is 0.0541 e. The quantitative estimate of drug-likeness (QED) is 0.128. The standard InChI is InChI=1S/C56H48N2/c1-3-40(45-25-23-42-24-26-46(42)36-45)35-39(2)41-19-21-43(22-20-41)47-29-33-55-53(37-47)54-38-48(30-34-56(54)58(55)51-17-11-6-12-18-51)44-27-31-52(32-28-44)57(49-13-7-4-8-14-49)50-15-9-5-10-16-50/h4-23,25,27-34,36-40H,3,24,26,35H2,1-2H3. The van der Waals surface area contributed by atoms with E-state index >= 15 is 0 Å². The largest absolute Gasteiger partial charge is 0.311 e. The maximum atomic E-state index is 2.49. The number of anilines is 3. The number of fused-ring (bicyclic) bond motifs is 4. The first-order chi connectivity index (χ1) is 28.6. The van der Waals surface area contributed by atoms with Gasteiger partial charge in [-0.2, -0.15) is 0 Å². The molecule has 2 nitrogen and oxygen atoms in total. The maximum Gasteiger partial charge on any atom is 0.0541 e. The van der Waals surface area contributed by atoms with Crippen molar-refractivity contribution in [2.45, 2.75) is 51.4 Å². The normalized spacial score (nSPS) is 13.2. The first-order valence-corrected chi connectivity index (χ1v) is 21.0. The van der Waals surface area contributed by atoms with E-state index in [1.807, 2.05) is 0 Å². The van der Waals surface area contributed by atoms with Crippen molar-refractivity contribution in [3.05, 3.63) is 216 Å². The van der Waals surface area contributed by atoms with Crippen molar-refractivity contribution >= 4 is 38.9 Å². The zero-order valence-electron chi connectivity index (χ0n) is 33.4. The number of para-hydroxylation sites is 3. The highest BCUT2D eigenvalue weighted by Crippen LogP contribution is 2.40. The predicted molar refractivity (Wildman–Crippen MR) is 246 cm³/mol. The van der Waals surface area contributed by atoms with E-state index in [0.29, 0.717) is 11.8 Å². The number of benzene rings is 8. The van der Waals surface area contributed by atoms with Crippen molar-refractivity contribution < 1.29 is 0 Å². The summed E-state index contributed by atoms with van der Waals surface area (Å²) in [5, 5.41) is 2.51. The lowest BCUT2D eigenvalue weighted by molar-refractivity contribution is 0.543. The molecule has 0 amide bonds. The molecule has 282 valence electrons. The summed E-state index contributed by atoms with van der Waals surface area (Å²) in [6, 6.07) is 71.5. The number of aryl methyl sites for hydroxylation is 2. The molecule has 58 heavy (non-hydrogen) atoms. The Hall–Kier alpha value is -6.64. The Morgan fingerprint density at radius 2 is 0.948 bits per heavy atom. The van der Waals surface area contributed by atoms with Crippen LogP contribution in [0.2, 0.25) is 0 Å². The van der Waals surface area contributed by atoms with Crippen LogP contribution < -0.4 is 4.90 Å². The Kier molecular flexibility index (Phi) is 9.47. The fraction of sp³-hybridized carbons (Fsp3) is 0.143. The van der Waals surface area contributed by atoms with Gasteiger partial charge in [-0.1, -0.05) is 135 Å². The van der Waals surface area contributed by atoms with Crippen LogP contribution in [-0.2, 0) is 12.8 Å². The van der Waals surface area contributed by atoms with Crippen LogP contribution in [0.1, 0.15) is 60.8 Å². The van der Waals surface area contributed by atoms with Crippen molar-refractivity contribution in [1.29, 1.82) is 0 Å². The molecular weight excluding hydrogens is 701 g/mol. The summed E-state index contributed by atoms with van der Waals surface area (Å²) >= 11 is 0. The predicted octanol–water partition coefficient (Wildman–Crippen LogP) is 15.4. The third kappa shape index (κ3) is 6.69. The molecule has 1 aliphatic rings. The molecule has 0 bridgehead atoms. The van der Waals surface area contributed by atoms with Gasteiger partial charge >= 0.3 is 0 Å². The van der Waals surface area contributed by atoms with Crippen LogP contribution in [0.25, 0.3) is 49.7 Å². The molecule has 1 aromatic heterocycles. The van der Waals surface area contributed by atoms with Gasteiger partial charge in [0.2, 0.25) is 0 Å². The molecule has 2 atom stereocenters. The van der Waals surface area contributed by atoms with E-state index in [0.717, 1.165) is 17.1 Å². The SMILES string of the molecule is CCC(CC(C)c1ccc(-c2ccc3c(c2)c2cc(-c4ccc(N(c5ccccc5)c5ccccc5)cc4)ccc2n3-c2ccccc2)cc1)c1ccc2c(c1)CC2. The van der Waals surface area contributed by atoms with Crippen LogP contribution in [0.4, 0.5) is 17.1 Å². The summed E-state index contributed by atoms with van der Waals surface area (Å²) in [6.45, 7) is 4.74. The fourth-order valence-electron chi connectivity index (χ4n) is 9.22. The van der Waals surface area contributed by atoms with E-state index in [2.05, 4.69) is 217 Å². The summed E-state index contributed by atoms with van der Waals surface area (Å²) in [7, 11) is 0. The van der Waals surface area contributed by atoms with Crippen LogP contribution in [0.15, 0.2) is 194 Å². The monoisotopic (exact) mass is 748 g/mol. The topological polar surface area (TPSA) is 8.17 Å². The van der Waals surface area contributed by atoms with Gasteiger partial charge in [-0.05, 0) is 155 Å². The van der Waals surface area contributed by atoms with E-state index in [1.54, 1.807) is 11.1 Å². The molecule has 2 heteroatoms. The lowest BCUT2D eigenvalue weighted by atomic mass is 9.80. The van der Waals surface area contributed by atoms with Crippen molar-refractivity contribution in [2.24, 2.45) is 0 Å². The molecule has 1 aliphatic carbocycles. The molecule has 0 aliphatic heterocycles. The second-order valence-corrected chi connectivity index (χ2v) is 16.1. The van der Waals surface area contributed by atoms with Gasteiger partial charge in [0.25, 0.3) is 0 Å².